The summed E-state index contributed by atoms with van der Waals surface area (Å²) in [5.41, 5.74) is 0.644. The van der Waals surface area contributed by atoms with Crippen molar-refractivity contribution < 1.29 is 14.3 Å². The molecular weight excluding hydrogens is 216 g/mol. The molecule has 1 aliphatic carbocycles. The summed E-state index contributed by atoms with van der Waals surface area (Å²) in [6.07, 6.45) is 2.86. The Balaban J connectivity index is 2.24. The molecule has 1 saturated carbocycles. The summed E-state index contributed by atoms with van der Waals surface area (Å²) in [5.74, 6) is 0.725. The van der Waals surface area contributed by atoms with Gasteiger partial charge >= 0.3 is 5.97 Å². The highest BCUT2D eigenvalue weighted by Crippen LogP contribution is 2.45. The fourth-order valence-corrected chi connectivity index (χ4v) is 2.32. The minimum Gasteiger partial charge on any atom is -0.497 e. The molecule has 0 atom stereocenters. The van der Waals surface area contributed by atoms with E-state index in [1.54, 1.807) is 7.11 Å². The third-order valence-corrected chi connectivity index (χ3v) is 3.52. The number of esters is 1. The minimum atomic E-state index is -0.401. The van der Waals surface area contributed by atoms with Gasteiger partial charge in [0.1, 0.15) is 5.75 Å². The Hall–Kier alpha value is -1.51. The zero-order valence-corrected chi connectivity index (χ0v) is 10.4. The van der Waals surface area contributed by atoms with Crippen molar-refractivity contribution in [3.63, 3.8) is 0 Å². The molecule has 0 bridgehead atoms. The van der Waals surface area contributed by atoms with Gasteiger partial charge in [0.25, 0.3) is 0 Å². The number of hydrogen-bond donors (Lipinski definition) is 0. The number of benzene rings is 1. The van der Waals surface area contributed by atoms with Crippen LogP contribution in [-0.4, -0.2) is 19.7 Å². The summed E-state index contributed by atoms with van der Waals surface area (Å²) in [6.45, 7) is 2.29. The Kier molecular flexibility index (Phi) is 3.36. The summed E-state index contributed by atoms with van der Waals surface area (Å²) in [5, 5.41) is 0. The average molecular weight is 234 g/mol. The average Bonchev–Trinajstić information content (AvgIpc) is 2.29. The van der Waals surface area contributed by atoms with Crippen LogP contribution in [0.5, 0.6) is 5.75 Å². The number of rotatable bonds is 4. The predicted molar refractivity (Wildman–Crippen MR) is 65.2 cm³/mol. The molecule has 0 heterocycles. The van der Waals surface area contributed by atoms with Gasteiger partial charge in [-0.1, -0.05) is 18.6 Å². The van der Waals surface area contributed by atoms with Crippen LogP contribution in [0.3, 0.4) is 0 Å². The highest BCUT2D eigenvalue weighted by atomic mass is 16.5. The van der Waals surface area contributed by atoms with Crippen LogP contribution in [0, 0.1) is 0 Å². The van der Waals surface area contributed by atoms with Gasteiger partial charge in [0.05, 0.1) is 19.1 Å². The van der Waals surface area contributed by atoms with E-state index in [4.69, 9.17) is 9.47 Å². The van der Waals surface area contributed by atoms with E-state index in [-0.39, 0.29) is 5.97 Å². The third-order valence-electron chi connectivity index (χ3n) is 3.52. The lowest BCUT2D eigenvalue weighted by Gasteiger charge is -2.39. The predicted octanol–water partition coefficient (Wildman–Crippen LogP) is 2.68. The number of hydrogen-bond acceptors (Lipinski definition) is 3. The second-order valence-electron chi connectivity index (χ2n) is 4.38. The molecule has 1 fully saturated rings. The van der Waals surface area contributed by atoms with Crippen molar-refractivity contribution in [2.75, 3.05) is 13.7 Å². The first kappa shape index (κ1) is 12.0. The van der Waals surface area contributed by atoms with Crippen LogP contribution in [0.2, 0.25) is 0 Å². The second-order valence-corrected chi connectivity index (χ2v) is 4.38. The number of methoxy groups -OCH3 is 1. The third kappa shape index (κ3) is 2.02. The first-order valence-electron chi connectivity index (χ1n) is 6.04. The normalized spacial score (nSPS) is 17.1. The molecular formula is C14H18O3. The Morgan fingerprint density at radius 1 is 1.29 bits per heavy atom. The summed E-state index contributed by atoms with van der Waals surface area (Å²) in [7, 11) is 1.64. The Morgan fingerprint density at radius 2 is 1.94 bits per heavy atom. The molecule has 1 aliphatic rings. The quantitative estimate of drug-likeness (QED) is 0.751. The number of carbonyl (C=O) groups excluding carboxylic acids is 1. The van der Waals surface area contributed by atoms with Crippen LogP contribution >= 0.6 is 0 Å². The molecule has 17 heavy (non-hydrogen) atoms. The van der Waals surface area contributed by atoms with E-state index in [0.29, 0.717) is 6.61 Å². The molecule has 3 nitrogen and oxygen atoms in total. The molecule has 1 aromatic rings. The van der Waals surface area contributed by atoms with Crippen LogP contribution in [0.4, 0.5) is 0 Å². The topological polar surface area (TPSA) is 35.5 Å². The fraction of sp³-hybridized carbons (Fsp3) is 0.500. The van der Waals surface area contributed by atoms with Gasteiger partial charge in [-0.25, -0.2) is 0 Å². The minimum absolute atomic E-state index is 0.0867. The van der Waals surface area contributed by atoms with Crippen LogP contribution < -0.4 is 4.74 Å². The Labute approximate surface area is 102 Å². The van der Waals surface area contributed by atoms with E-state index in [1.807, 2.05) is 31.2 Å². The van der Waals surface area contributed by atoms with E-state index in [0.717, 1.165) is 30.6 Å². The molecule has 0 aliphatic heterocycles. The molecule has 3 heteroatoms. The lowest BCUT2D eigenvalue weighted by Crippen LogP contribution is -2.43. The lowest BCUT2D eigenvalue weighted by molar-refractivity contribution is -0.153. The van der Waals surface area contributed by atoms with Gasteiger partial charge in [0, 0.05) is 0 Å². The second kappa shape index (κ2) is 4.78. The standard InChI is InChI=1S/C14H18O3/c1-3-17-13(15)14(9-4-10-14)11-5-7-12(16-2)8-6-11/h5-8H,3-4,9-10H2,1-2H3. The highest BCUT2D eigenvalue weighted by Gasteiger charge is 2.46. The van der Waals surface area contributed by atoms with Crippen LogP contribution in [-0.2, 0) is 14.9 Å². The zero-order chi connectivity index (χ0) is 12.3. The van der Waals surface area contributed by atoms with Gasteiger partial charge in [-0.3, -0.25) is 4.79 Å². The maximum absolute atomic E-state index is 12.0. The number of carbonyl (C=O) groups is 1. The number of ether oxygens (including phenoxy) is 2. The summed E-state index contributed by atoms with van der Waals surface area (Å²) >= 11 is 0. The largest absolute Gasteiger partial charge is 0.497 e. The van der Waals surface area contributed by atoms with Gasteiger partial charge < -0.3 is 9.47 Å². The fourth-order valence-electron chi connectivity index (χ4n) is 2.32. The first-order valence-corrected chi connectivity index (χ1v) is 6.04. The van der Waals surface area contributed by atoms with Crippen LogP contribution in [0.25, 0.3) is 0 Å². The highest BCUT2D eigenvalue weighted by molar-refractivity contribution is 5.84. The van der Waals surface area contributed by atoms with Crippen molar-refractivity contribution in [2.24, 2.45) is 0 Å². The molecule has 2 rings (SSSR count). The van der Waals surface area contributed by atoms with Gasteiger partial charge in [0.15, 0.2) is 0 Å². The van der Waals surface area contributed by atoms with Gasteiger partial charge in [-0.2, -0.15) is 0 Å². The van der Waals surface area contributed by atoms with Crippen molar-refractivity contribution in [3.8, 4) is 5.75 Å². The Morgan fingerprint density at radius 3 is 2.35 bits per heavy atom. The summed E-state index contributed by atoms with van der Waals surface area (Å²) < 4.78 is 10.3. The lowest BCUT2D eigenvalue weighted by atomic mass is 9.64. The van der Waals surface area contributed by atoms with Crippen molar-refractivity contribution in [2.45, 2.75) is 31.6 Å². The monoisotopic (exact) mass is 234 g/mol. The SMILES string of the molecule is CCOC(=O)C1(c2ccc(OC)cc2)CCC1. The maximum atomic E-state index is 12.0. The molecule has 0 amide bonds. The van der Waals surface area contributed by atoms with Gasteiger partial charge in [0.2, 0.25) is 0 Å². The van der Waals surface area contributed by atoms with Crippen molar-refractivity contribution >= 4 is 5.97 Å². The molecule has 0 unspecified atom stereocenters. The summed E-state index contributed by atoms with van der Waals surface area (Å²) in [6, 6.07) is 7.73. The maximum Gasteiger partial charge on any atom is 0.316 e. The van der Waals surface area contributed by atoms with E-state index in [2.05, 4.69) is 0 Å². The van der Waals surface area contributed by atoms with E-state index >= 15 is 0 Å². The van der Waals surface area contributed by atoms with E-state index in [1.165, 1.54) is 0 Å². The zero-order valence-electron chi connectivity index (χ0n) is 10.4. The molecule has 0 aromatic heterocycles. The van der Waals surface area contributed by atoms with Crippen LogP contribution in [0.1, 0.15) is 31.7 Å². The molecule has 1 aromatic carbocycles. The first-order chi connectivity index (χ1) is 8.23. The van der Waals surface area contributed by atoms with Gasteiger partial charge in [-0.15, -0.1) is 0 Å². The van der Waals surface area contributed by atoms with Crippen molar-refractivity contribution in [1.29, 1.82) is 0 Å². The molecule has 0 radical (unpaired) electrons. The smallest absolute Gasteiger partial charge is 0.316 e. The van der Waals surface area contributed by atoms with Gasteiger partial charge in [-0.05, 0) is 37.5 Å². The van der Waals surface area contributed by atoms with Crippen LogP contribution in [0.15, 0.2) is 24.3 Å². The molecule has 0 N–H and O–H groups in total. The van der Waals surface area contributed by atoms with Crippen molar-refractivity contribution in [3.05, 3.63) is 29.8 Å². The van der Waals surface area contributed by atoms with E-state index < -0.39 is 5.41 Å². The Bertz CT molecular complexity index is 390. The van der Waals surface area contributed by atoms with Crippen molar-refractivity contribution in [1.82, 2.24) is 0 Å². The molecule has 0 saturated heterocycles. The molecule has 0 spiro atoms. The van der Waals surface area contributed by atoms with E-state index in [9.17, 15) is 4.79 Å². The molecule has 92 valence electrons. The summed E-state index contributed by atoms with van der Waals surface area (Å²) in [4.78, 5) is 12.0.